The molecule has 25 heavy (non-hydrogen) atoms. The Morgan fingerprint density at radius 3 is 2.76 bits per heavy atom. The van der Waals surface area contributed by atoms with Gasteiger partial charge in [0.15, 0.2) is 11.6 Å². The van der Waals surface area contributed by atoms with Crippen LogP contribution in [0.2, 0.25) is 5.02 Å². The third kappa shape index (κ3) is 2.76. The van der Waals surface area contributed by atoms with Crippen molar-refractivity contribution in [3.63, 3.8) is 0 Å². The normalized spacial score (nSPS) is 13.6. The molecule has 0 fully saturated rings. The SMILES string of the molecule is O=C(c1c(F)cccc1Cl)N1CCn2c(nnc2-c2ccccn2)C1. The summed E-state index contributed by atoms with van der Waals surface area (Å²) in [5, 5.41) is 8.44. The first-order chi connectivity index (χ1) is 12.1. The number of hydrogen-bond acceptors (Lipinski definition) is 4. The first-order valence-corrected chi connectivity index (χ1v) is 8.09. The summed E-state index contributed by atoms with van der Waals surface area (Å²) in [7, 11) is 0. The predicted octanol–water partition coefficient (Wildman–Crippen LogP) is 2.79. The minimum Gasteiger partial charge on any atom is -0.329 e. The van der Waals surface area contributed by atoms with Crippen LogP contribution in [-0.4, -0.2) is 37.1 Å². The van der Waals surface area contributed by atoms with E-state index in [4.69, 9.17) is 11.6 Å². The molecule has 0 atom stereocenters. The Labute approximate surface area is 147 Å². The molecule has 8 heteroatoms. The molecule has 1 aromatic carbocycles. The van der Waals surface area contributed by atoms with Gasteiger partial charge in [0.25, 0.3) is 5.91 Å². The van der Waals surface area contributed by atoms with E-state index in [-0.39, 0.29) is 17.1 Å². The molecule has 4 rings (SSSR count). The highest BCUT2D eigenvalue weighted by Crippen LogP contribution is 2.24. The van der Waals surface area contributed by atoms with Crippen LogP contribution in [0.4, 0.5) is 4.39 Å². The van der Waals surface area contributed by atoms with Gasteiger partial charge in [-0.15, -0.1) is 10.2 Å². The molecule has 0 bridgehead atoms. The fourth-order valence-electron chi connectivity index (χ4n) is 2.88. The van der Waals surface area contributed by atoms with Crippen LogP contribution >= 0.6 is 11.6 Å². The van der Waals surface area contributed by atoms with E-state index in [1.807, 2.05) is 22.8 Å². The van der Waals surface area contributed by atoms with E-state index in [9.17, 15) is 9.18 Å². The Bertz CT molecular complexity index is 923. The smallest absolute Gasteiger partial charge is 0.258 e. The van der Waals surface area contributed by atoms with Crippen molar-refractivity contribution in [2.45, 2.75) is 13.1 Å². The van der Waals surface area contributed by atoms with E-state index < -0.39 is 11.7 Å². The van der Waals surface area contributed by atoms with E-state index in [0.29, 0.717) is 24.7 Å². The summed E-state index contributed by atoms with van der Waals surface area (Å²) in [6, 6.07) is 9.76. The number of hydrogen-bond donors (Lipinski definition) is 0. The second-order valence-corrected chi connectivity index (χ2v) is 6.04. The second kappa shape index (κ2) is 6.25. The molecular weight excluding hydrogens is 345 g/mol. The number of benzene rings is 1. The molecule has 0 saturated carbocycles. The van der Waals surface area contributed by atoms with Crippen LogP contribution in [0.5, 0.6) is 0 Å². The Kier molecular flexibility index (Phi) is 3.93. The number of fused-ring (bicyclic) bond motifs is 1. The van der Waals surface area contributed by atoms with Crippen molar-refractivity contribution >= 4 is 17.5 Å². The number of aromatic nitrogens is 4. The van der Waals surface area contributed by atoms with Gasteiger partial charge in [-0.25, -0.2) is 4.39 Å². The third-order valence-electron chi connectivity index (χ3n) is 4.11. The number of carbonyl (C=O) groups is 1. The molecule has 1 aliphatic rings. The molecule has 0 spiro atoms. The summed E-state index contributed by atoms with van der Waals surface area (Å²) in [5.41, 5.74) is 0.611. The van der Waals surface area contributed by atoms with Crippen LogP contribution in [0.15, 0.2) is 42.6 Å². The summed E-state index contributed by atoms with van der Waals surface area (Å²) in [4.78, 5) is 18.5. The molecule has 0 N–H and O–H groups in total. The Balaban J connectivity index is 1.62. The van der Waals surface area contributed by atoms with Crippen molar-refractivity contribution in [1.29, 1.82) is 0 Å². The molecule has 6 nitrogen and oxygen atoms in total. The summed E-state index contributed by atoms with van der Waals surface area (Å²) in [6.45, 7) is 1.16. The molecule has 126 valence electrons. The average molecular weight is 358 g/mol. The lowest BCUT2D eigenvalue weighted by molar-refractivity contribution is 0.0703. The van der Waals surface area contributed by atoms with Crippen molar-refractivity contribution in [1.82, 2.24) is 24.6 Å². The molecule has 3 aromatic rings. The van der Waals surface area contributed by atoms with Crippen LogP contribution in [0, 0.1) is 5.82 Å². The van der Waals surface area contributed by atoms with Gasteiger partial charge in [0.2, 0.25) is 0 Å². The molecule has 1 aliphatic heterocycles. The zero-order valence-corrected chi connectivity index (χ0v) is 13.8. The largest absolute Gasteiger partial charge is 0.329 e. The van der Waals surface area contributed by atoms with Crippen LogP contribution < -0.4 is 0 Å². The summed E-state index contributed by atoms with van der Waals surface area (Å²) >= 11 is 6.00. The van der Waals surface area contributed by atoms with Crippen LogP contribution in [0.25, 0.3) is 11.5 Å². The molecule has 3 heterocycles. The summed E-state index contributed by atoms with van der Waals surface area (Å²) < 4.78 is 15.9. The Morgan fingerprint density at radius 2 is 2.00 bits per heavy atom. The highest BCUT2D eigenvalue weighted by atomic mass is 35.5. The number of halogens is 2. The summed E-state index contributed by atoms with van der Waals surface area (Å²) in [5.74, 6) is 0.217. The third-order valence-corrected chi connectivity index (χ3v) is 4.43. The molecule has 0 saturated heterocycles. The zero-order valence-electron chi connectivity index (χ0n) is 13.1. The first kappa shape index (κ1) is 15.7. The molecule has 2 aromatic heterocycles. The molecule has 0 unspecified atom stereocenters. The maximum Gasteiger partial charge on any atom is 0.258 e. The highest BCUT2D eigenvalue weighted by molar-refractivity contribution is 6.33. The number of carbonyl (C=O) groups excluding carboxylic acids is 1. The highest BCUT2D eigenvalue weighted by Gasteiger charge is 2.28. The lowest BCUT2D eigenvalue weighted by atomic mass is 10.1. The van der Waals surface area contributed by atoms with Gasteiger partial charge in [-0.1, -0.05) is 23.7 Å². The molecule has 0 aliphatic carbocycles. The van der Waals surface area contributed by atoms with E-state index in [2.05, 4.69) is 15.2 Å². The topological polar surface area (TPSA) is 63.9 Å². The number of amides is 1. The Morgan fingerprint density at radius 1 is 1.12 bits per heavy atom. The fourth-order valence-corrected chi connectivity index (χ4v) is 3.12. The van der Waals surface area contributed by atoms with Crippen LogP contribution in [0.1, 0.15) is 16.2 Å². The number of rotatable bonds is 2. The van der Waals surface area contributed by atoms with Gasteiger partial charge in [-0.2, -0.15) is 0 Å². The summed E-state index contributed by atoms with van der Waals surface area (Å²) in [6.07, 6.45) is 1.69. The quantitative estimate of drug-likeness (QED) is 0.707. The predicted molar refractivity (Wildman–Crippen MR) is 89.4 cm³/mol. The lowest BCUT2D eigenvalue weighted by Gasteiger charge is -2.28. The number of nitrogens with zero attached hydrogens (tertiary/aromatic N) is 5. The molecular formula is C17H13ClFN5O. The van der Waals surface area contributed by atoms with E-state index in [1.54, 1.807) is 6.20 Å². The van der Waals surface area contributed by atoms with Crippen molar-refractivity contribution in [2.24, 2.45) is 0 Å². The van der Waals surface area contributed by atoms with Crippen LogP contribution in [0.3, 0.4) is 0 Å². The van der Waals surface area contributed by atoms with Crippen molar-refractivity contribution in [3.05, 3.63) is 64.8 Å². The standard InChI is InChI=1S/C17H13ClFN5O/c18-11-4-3-5-12(19)15(11)17(25)23-8-9-24-14(10-23)21-22-16(24)13-6-1-2-7-20-13/h1-7H,8-10H2. The van der Waals surface area contributed by atoms with E-state index >= 15 is 0 Å². The van der Waals surface area contributed by atoms with Gasteiger partial charge in [0.05, 0.1) is 17.1 Å². The van der Waals surface area contributed by atoms with Gasteiger partial charge in [0, 0.05) is 19.3 Å². The van der Waals surface area contributed by atoms with Gasteiger partial charge in [0.1, 0.15) is 11.5 Å². The maximum absolute atomic E-state index is 14.0. The lowest BCUT2D eigenvalue weighted by Crippen LogP contribution is -2.39. The number of pyridine rings is 1. The van der Waals surface area contributed by atoms with Gasteiger partial charge in [-0.05, 0) is 24.3 Å². The van der Waals surface area contributed by atoms with Crippen molar-refractivity contribution in [3.8, 4) is 11.5 Å². The van der Waals surface area contributed by atoms with Crippen LogP contribution in [-0.2, 0) is 13.1 Å². The van der Waals surface area contributed by atoms with Gasteiger partial charge in [-0.3, -0.25) is 9.78 Å². The molecule has 1 amide bonds. The minimum absolute atomic E-state index is 0.103. The maximum atomic E-state index is 14.0. The van der Waals surface area contributed by atoms with E-state index in [1.165, 1.54) is 23.1 Å². The minimum atomic E-state index is -0.626. The monoisotopic (exact) mass is 357 g/mol. The van der Waals surface area contributed by atoms with Crippen molar-refractivity contribution < 1.29 is 9.18 Å². The van der Waals surface area contributed by atoms with E-state index in [0.717, 1.165) is 5.69 Å². The molecule has 0 radical (unpaired) electrons. The van der Waals surface area contributed by atoms with Gasteiger partial charge < -0.3 is 9.47 Å². The zero-order chi connectivity index (χ0) is 17.4. The fraction of sp³-hybridized carbons (Fsp3) is 0.176. The Hall–Kier alpha value is -2.80. The van der Waals surface area contributed by atoms with Gasteiger partial charge >= 0.3 is 0 Å². The second-order valence-electron chi connectivity index (χ2n) is 5.63. The van der Waals surface area contributed by atoms with Crippen molar-refractivity contribution in [2.75, 3.05) is 6.54 Å². The average Bonchev–Trinajstić information content (AvgIpc) is 3.05. The first-order valence-electron chi connectivity index (χ1n) is 7.72.